The number of aliphatic carboxylic acids is 1. The van der Waals surface area contributed by atoms with E-state index in [1.807, 2.05) is 6.92 Å². The van der Waals surface area contributed by atoms with Gasteiger partial charge >= 0.3 is 5.97 Å². The molecule has 0 aromatic heterocycles. The normalized spacial score (nSPS) is 26.9. The van der Waals surface area contributed by atoms with Crippen LogP contribution in [0.15, 0.2) is 0 Å². The highest BCUT2D eigenvalue weighted by Gasteiger charge is 2.23. The average molecular weight is 201 g/mol. The van der Waals surface area contributed by atoms with E-state index >= 15 is 0 Å². The molecule has 0 radical (unpaired) electrons. The summed E-state index contributed by atoms with van der Waals surface area (Å²) in [6, 6.07) is 0.427. The van der Waals surface area contributed by atoms with Gasteiger partial charge in [-0.15, -0.1) is 0 Å². The molecule has 0 aromatic carbocycles. The molecule has 1 rings (SSSR count). The van der Waals surface area contributed by atoms with Crippen molar-refractivity contribution in [1.29, 1.82) is 0 Å². The molecule has 1 aliphatic rings. The van der Waals surface area contributed by atoms with Crippen molar-refractivity contribution in [3.05, 3.63) is 0 Å². The van der Waals surface area contributed by atoms with Crippen LogP contribution in [0.25, 0.3) is 0 Å². The molecule has 2 atom stereocenters. The van der Waals surface area contributed by atoms with Gasteiger partial charge < -0.3 is 9.84 Å². The second kappa shape index (κ2) is 5.32. The van der Waals surface area contributed by atoms with Crippen LogP contribution in [0.2, 0.25) is 0 Å². The number of carboxylic acids is 1. The Morgan fingerprint density at radius 2 is 2.43 bits per heavy atom. The van der Waals surface area contributed by atoms with E-state index in [2.05, 4.69) is 11.8 Å². The summed E-state index contributed by atoms with van der Waals surface area (Å²) in [5.41, 5.74) is 0. The zero-order chi connectivity index (χ0) is 10.6. The fourth-order valence-electron chi connectivity index (χ4n) is 1.94. The first-order chi connectivity index (χ1) is 6.61. The standard InChI is InChI=1S/C10H19NO3/c1-8(6-10(12)13)11-4-3-5-14-7-9(11)2/h8-9H,3-7H2,1-2H3,(H,12,13). The van der Waals surface area contributed by atoms with Gasteiger partial charge in [0, 0.05) is 25.2 Å². The van der Waals surface area contributed by atoms with E-state index in [4.69, 9.17) is 9.84 Å². The van der Waals surface area contributed by atoms with Gasteiger partial charge in [0.2, 0.25) is 0 Å². The zero-order valence-electron chi connectivity index (χ0n) is 8.90. The third-order valence-corrected chi connectivity index (χ3v) is 2.67. The molecule has 0 amide bonds. The lowest BCUT2D eigenvalue weighted by Crippen LogP contribution is -2.42. The molecule has 1 fully saturated rings. The number of carbonyl (C=O) groups is 1. The lowest BCUT2D eigenvalue weighted by atomic mass is 10.1. The minimum absolute atomic E-state index is 0.101. The number of hydrogen-bond acceptors (Lipinski definition) is 3. The van der Waals surface area contributed by atoms with E-state index < -0.39 is 5.97 Å². The third-order valence-electron chi connectivity index (χ3n) is 2.67. The fourth-order valence-corrected chi connectivity index (χ4v) is 1.94. The summed E-state index contributed by atoms with van der Waals surface area (Å²) in [6.07, 6.45) is 1.21. The second-order valence-electron chi connectivity index (χ2n) is 3.96. The molecular formula is C10H19NO3. The van der Waals surface area contributed by atoms with Gasteiger partial charge in [0.1, 0.15) is 0 Å². The van der Waals surface area contributed by atoms with Crippen molar-refractivity contribution in [3.63, 3.8) is 0 Å². The summed E-state index contributed by atoms with van der Waals surface area (Å²) in [7, 11) is 0. The molecule has 4 heteroatoms. The fraction of sp³-hybridized carbons (Fsp3) is 0.900. The van der Waals surface area contributed by atoms with Gasteiger partial charge in [-0.25, -0.2) is 0 Å². The number of nitrogens with zero attached hydrogens (tertiary/aromatic N) is 1. The third kappa shape index (κ3) is 3.27. The largest absolute Gasteiger partial charge is 0.481 e. The molecule has 14 heavy (non-hydrogen) atoms. The lowest BCUT2D eigenvalue weighted by Gasteiger charge is -2.31. The summed E-state index contributed by atoms with van der Waals surface area (Å²) < 4.78 is 5.40. The van der Waals surface area contributed by atoms with Gasteiger partial charge in [-0.05, 0) is 20.3 Å². The van der Waals surface area contributed by atoms with E-state index in [1.165, 1.54) is 0 Å². The molecule has 1 saturated heterocycles. The smallest absolute Gasteiger partial charge is 0.304 e. The van der Waals surface area contributed by atoms with Gasteiger partial charge in [-0.3, -0.25) is 9.69 Å². The van der Waals surface area contributed by atoms with Crippen molar-refractivity contribution in [2.45, 2.75) is 38.8 Å². The summed E-state index contributed by atoms with van der Waals surface area (Å²) >= 11 is 0. The monoisotopic (exact) mass is 201 g/mol. The van der Waals surface area contributed by atoms with Crippen LogP contribution in [0, 0.1) is 0 Å². The molecule has 0 bridgehead atoms. The van der Waals surface area contributed by atoms with Crippen LogP contribution in [0.4, 0.5) is 0 Å². The maximum atomic E-state index is 10.6. The molecule has 0 spiro atoms. The van der Waals surface area contributed by atoms with Gasteiger partial charge in [-0.1, -0.05) is 0 Å². The Labute approximate surface area is 84.8 Å². The summed E-state index contributed by atoms with van der Waals surface area (Å²) in [6.45, 7) is 6.50. The number of ether oxygens (including phenoxy) is 1. The molecule has 4 nitrogen and oxygen atoms in total. The highest BCUT2D eigenvalue weighted by atomic mass is 16.5. The molecule has 1 aliphatic heterocycles. The quantitative estimate of drug-likeness (QED) is 0.739. The first-order valence-electron chi connectivity index (χ1n) is 5.16. The van der Waals surface area contributed by atoms with Crippen molar-refractivity contribution in [1.82, 2.24) is 4.90 Å². The summed E-state index contributed by atoms with van der Waals surface area (Å²) in [5.74, 6) is -0.727. The zero-order valence-corrected chi connectivity index (χ0v) is 8.90. The minimum atomic E-state index is -0.727. The Hall–Kier alpha value is -0.610. The van der Waals surface area contributed by atoms with Crippen LogP contribution in [0.1, 0.15) is 26.7 Å². The first-order valence-corrected chi connectivity index (χ1v) is 5.16. The Bertz CT molecular complexity index is 196. The van der Waals surface area contributed by atoms with E-state index in [9.17, 15) is 4.79 Å². The number of hydrogen-bond donors (Lipinski definition) is 1. The Kier molecular flexibility index (Phi) is 4.35. The molecule has 0 saturated carbocycles. The van der Waals surface area contributed by atoms with Gasteiger partial charge in [0.25, 0.3) is 0 Å². The first kappa shape index (κ1) is 11.5. The van der Waals surface area contributed by atoms with Gasteiger partial charge in [0.05, 0.1) is 13.0 Å². The summed E-state index contributed by atoms with van der Waals surface area (Å²) in [4.78, 5) is 12.8. The van der Waals surface area contributed by atoms with Crippen molar-refractivity contribution in [2.75, 3.05) is 19.8 Å². The van der Waals surface area contributed by atoms with Crippen LogP contribution in [-0.4, -0.2) is 47.8 Å². The molecule has 2 unspecified atom stereocenters. The molecular weight excluding hydrogens is 182 g/mol. The summed E-state index contributed by atoms with van der Waals surface area (Å²) in [5, 5.41) is 8.71. The predicted octanol–water partition coefficient (Wildman–Crippen LogP) is 0.960. The van der Waals surface area contributed by atoms with Crippen LogP contribution in [0.3, 0.4) is 0 Å². The molecule has 0 aromatic rings. The van der Waals surface area contributed by atoms with Crippen LogP contribution >= 0.6 is 0 Å². The maximum Gasteiger partial charge on any atom is 0.304 e. The maximum absolute atomic E-state index is 10.6. The van der Waals surface area contributed by atoms with E-state index in [1.54, 1.807) is 0 Å². The minimum Gasteiger partial charge on any atom is -0.481 e. The van der Waals surface area contributed by atoms with E-state index in [0.717, 1.165) is 19.6 Å². The topological polar surface area (TPSA) is 49.8 Å². The van der Waals surface area contributed by atoms with Crippen molar-refractivity contribution < 1.29 is 14.6 Å². The Morgan fingerprint density at radius 1 is 1.71 bits per heavy atom. The number of rotatable bonds is 3. The van der Waals surface area contributed by atoms with E-state index in [0.29, 0.717) is 12.6 Å². The van der Waals surface area contributed by atoms with Crippen LogP contribution in [0.5, 0.6) is 0 Å². The van der Waals surface area contributed by atoms with Gasteiger partial charge in [-0.2, -0.15) is 0 Å². The molecule has 1 heterocycles. The lowest BCUT2D eigenvalue weighted by molar-refractivity contribution is -0.138. The highest BCUT2D eigenvalue weighted by molar-refractivity contribution is 5.67. The van der Waals surface area contributed by atoms with Crippen LogP contribution in [-0.2, 0) is 9.53 Å². The van der Waals surface area contributed by atoms with Gasteiger partial charge in [0.15, 0.2) is 0 Å². The molecule has 1 N–H and O–H groups in total. The number of carboxylic acid groups (broad SMARTS) is 1. The highest BCUT2D eigenvalue weighted by Crippen LogP contribution is 2.13. The Balaban J connectivity index is 2.49. The molecule has 82 valence electrons. The predicted molar refractivity (Wildman–Crippen MR) is 53.3 cm³/mol. The van der Waals surface area contributed by atoms with Crippen LogP contribution < -0.4 is 0 Å². The average Bonchev–Trinajstić information content (AvgIpc) is 2.28. The van der Waals surface area contributed by atoms with Crippen molar-refractivity contribution in [2.24, 2.45) is 0 Å². The van der Waals surface area contributed by atoms with Crippen molar-refractivity contribution >= 4 is 5.97 Å². The molecule has 0 aliphatic carbocycles. The second-order valence-corrected chi connectivity index (χ2v) is 3.96. The SMILES string of the molecule is CC1COCCCN1C(C)CC(=O)O. The Morgan fingerprint density at radius 3 is 3.07 bits per heavy atom. The van der Waals surface area contributed by atoms with Crippen molar-refractivity contribution in [3.8, 4) is 0 Å². The van der Waals surface area contributed by atoms with E-state index in [-0.39, 0.29) is 12.5 Å².